The van der Waals surface area contributed by atoms with Crippen molar-refractivity contribution in [2.24, 2.45) is 0 Å². The van der Waals surface area contributed by atoms with Crippen LogP contribution in [0.3, 0.4) is 0 Å². The van der Waals surface area contributed by atoms with Gasteiger partial charge in [0.05, 0.1) is 9.40 Å². The van der Waals surface area contributed by atoms with Gasteiger partial charge in [-0.25, -0.2) is 0 Å². The molecule has 3 rings (SSSR count). The van der Waals surface area contributed by atoms with Gasteiger partial charge >= 0.3 is 0 Å². The molecule has 0 unspecified atom stereocenters. The minimum Gasteiger partial charge on any atom is -0.488 e. The SMILES string of the molecule is O=[N+]([O-])c1ccc(COc2ccc(CNc3ccc(Br)cc3)cc2Br)cc1. The molecule has 138 valence electrons. The molecular formula is C20H16Br2N2O3. The Kier molecular flexibility index (Phi) is 6.47. The second-order valence-corrected chi connectivity index (χ2v) is 7.61. The second-order valence-electron chi connectivity index (χ2n) is 5.84. The number of non-ortho nitro benzene ring substituents is 1. The lowest BCUT2D eigenvalue weighted by Gasteiger charge is -2.11. The number of benzene rings is 3. The third-order valence-electron chi connectivity index (χ3n) is 3.88. The van der Waals surface area contributed by atoms with Gasteiger partial charge in [-0.2, -0.15) is 0 Å². The molecule has 0 saturated heterocycles. The summed E-state index contributed by atoms with van der Waals surface area (Å²) in [4.78, 5) is 10.3. The molecule has 0 spiro atoms. The predicted molar refractivity (Wildman–Crippen MR) is 113 cm³/mol. The largest absolute Gasteiger partial charge is 0.488 e. The Morgan fingerprint density at radius 3 is 2.22 bits per heavy atom. The first-order chi connectivity index (χ1) is 13.0. The van der Waals surface area contributed by atoms with Crippen LogP contribution in [0.5, 0.6) is 5.75 Å². The van der Waals surface area contributed by atoms with E-state index in [9.17, 15) is 10.1 Å². The van der Waals surface area contributed by atoms with Gasteiger partial charge in [0.25, 0.3) is 5.69 Å². The van der Waals surface area contributed by atoms with Crippen molar-refractivity contribution in [3.8, 4) is 5.75 Å². The molecule has 0 fully saturated rings. The van der Waals surface area contributed by atoms with E-state index in [1.807, 2.05) is 42.5 Å². The van der Waals surface area contributed by atoms with E-state index in [4.69, 9.17) is 4.74 Å². The maximum atomic E-state index is 10.7. The van der Waals surface area contributed by atoms with Crippen molar-refractivity contribution < 1.29 is 9.66 Å². The summed E-state index contributed by atoms with van der Waals surface area (Å²) >= 11 is 6.96. The number of nitro benzene ring substituents is 1. The smallest absolute Gasteiger partial charge is 0.269 e. The Morgan fingerprint density at radius 2 is 1.59 bits per heavy atom. The lowest BCUT2D eigenvalue weighted by molar-refractivity contribution is -0.384. The first-order valence-corrected chi connectivity index (χ1v) is 9.74. The van der Waals surface area contributed by atoms with E-state index in [1.165, 1.54) is 12.1 Å². The van der Waals surface area contributed by atoms with Gasteiger partial charge in [-0.1, -0.05) is 22.0 Å². The maximum absolute atomic E-state index is 10.7. The van der Waals surface area contributed by atoms with E-state index >= 15 is 0 Å². The maximum Gasteiger partial charge on any atom is 0.269 e. The normalized spacial score (nSPS) is 10.4. The number of nitro groups is 1. The number of hydrogen-bond donors (Lipinski definition) is 1. The van der Waals surface area contributed by atoms with Crippen LogP contribution in [0.1, 0.15) is 11.1 Å². The van der Waals surface area contributed by atoms with E-state index in [-0.39, 0.29) is 5.69 Å². The Hall–Kier alpha value is -2.38. The van der Waals surface area contributed by atoms with E-state index in [0.717, 1.165) is 31.5 Å². The standard InChI is InChI=1S/C20H16Br2N2O3/c21-16-4-6-17(7-5-16)23-12-15-3-10-20(19(22)11-15)27-13-14-1-8-18(9-2-14)24(25)26/h1-11,23H,12-13H2. The summed E-state index contributed by atoms with van der Waals surface area (Å²) in [5, 5.41) is 14.1. The van der Waals surface area contributed by atoms with Crippen LogP contribution < -0.4 is 10.1 Å². The first-order valence-electron chi connectivity index (χ1n) is 8.15. The topological polar surface area (TPSA) is 64.4 Å². The molecule has 0 amide bonds. The van der Waals surface area contributed by atoms with Crippen LogP contribution in [-0.4, -0.2) is 4.92 Å². The number of halogens is 2. The van der Waals surface area contributed by atoms with Crippen molar-refractivity contribution in [2.45, 2.75) is 13.2 Å². The van der Waals surface area contributed by atoms with Gasteiger partial charge in [0, 0.05) is 28.8 Å². The number of hydrogen-bond acceptors (Lipinski definition) is 4. The summed E-state index contributed by atoms with van der Waals surface area (Å²) < 4.78 is 7.72. The molecule has 0 aliphatic heterocycles. The van der Waals surface area contributed by atoms with Gasteiger partial charge in [-0.15, -0.1) is 0 Å². The fraction of sp³-hybridized carbons (Fsp3) is 0.100. The van der Waals surface area contributed by atoms with Gasteiger partial charge in [0.1, 0.15) is 12.4 Å². The predicted octanol–water partition coefficient (Wildman–Crippen LogP) is 6.31. The molecule has 3 aromatic rings. The highest BCUT2D eigenvalue weighted by atomic mass is 79.9. The minimum atomic E-state index is -0.414. The zero-order chi connectivity index (χ0) is 19.2. The number of nitrogens with one attached hydrogen (secondary N) is 1. The monoisotopic (exact) mass is 490 g/mol. The van der Waals surface area contributed by atoms with Crippen LogP contribution in [0.25, 0.3) is 0 Å². The molecule has 5 nitrogen and oxygen atoms in total. The summed E-state index contributed by atoms with van der Waals surface area (Å²) in [7, 11) is 0. The Labute approximate surface area is 173 Å². The quantitative estimate of drug-likeness (QED) is 0.310. The number of ether oxygens (including phenoxy) is 1. The number of nitrogens with zero attached hydrogens (tertiary/aromatic N) is 1. The lowest BCUT2D eigenvalue weighted by Crippen LogP contribution is -2.00. The molecule has 0 aliphatic carbocycles. The highest BCUT2D eigenvalue weighted by molar-refractivity contribution is 9.10. The van der Waals surface area contributed by atoms with Crippen LogP contribution in [0.15, 0.2) is 75.7 Å². The summed E-state index contributed by atoms with van der Waals surface area (Å²) in [5.74, 6) is 0.723. The van der Waals surface area contributed by atoms with E-state index in [0.29, 0.717) is 13.2 Å². The number of anilines is 1. The van der Waals surface area contributed by atoms with Gasteiger partial charge in [0.2, 0.25) is 0 Å². The van der Waals surface area contributed by atoms with Crippen molar-refractivity contribution in [3.05, 3.63) is 96.9 Å². The highest BCUT2D eigenvalue weighted by Crippen LogP contribution is 2.27. The zero-order valence-electron chi connectivity index (χ0n) is 14.2. The average Bonchev–Trinajstić information content (AvgIpc) is 2.67. The summed E-state index contributed by atoms with van der Waals surface area (Å²) in [6, 6.07) is 20.3. The minimum absolute atomic E-state index is 0.0718. The average molecular weight is 492 g/mol. The van der Waals surface area contributed by atoms with Crippen molar-refractivity contribution in [3.63, 3.8) is 0 Å². The summed E-state index contributed by atoms with van der Waals surface area (Å²) in [5.41, 5.74) is 3.11. The van der Waals surface area contributed by atoms with Gasteiger partial charge in [-0.3, -0.25) is 10.1 Å². The van der Waals surface area contributed by atoms with Crippen LogP contribution in [0, 0.1) is 10.1 Å². The van der Waals surface area contributed by atoms with Gasteiger partial charge < -0.3 is 10.1 Å². The fourth-order valence-corrected chi connectivity index (χ4v) is 3.22. The van der Waals surface area contributed by atoms with Crippen molar-refractivity contribution in [2.75, 3.05) is 5.32 Å². The molecule has 7 heteroatoms. The molecule has 0 aliphatic rings. The molecule has 0 saturated carbocycles. The van der Waals surface area contributed by atoms with Crippen LogP contribution in [0.2, 0.25) is 0 Å². The molecule has 0 radical (unpaired) electrons. The molecule has 0 atom stereocenters. The molecule has 0 aromatic heterocycles. The zero-order valence-corrected chi connectivity index (χ0v) is 17.4. The van der Waals surface area contributed by atoms with Crippen LogP contribution in [-0.2, 0) is 13.2 Å². The van der Waals surface area contributed by atoms with Gasteiger partial charge in [0.15, 0.2) is 0 Å². The Morgan fingerprint density at radius 1 is 0.926 bits per heavy atom. The molecule has 0 heterocycles. The van der Waals surface area contributed by atoms with E-state index in [2.05, 4.69) is 37.2 Å². The molecule has 3 aromatic carbocycles. The lowest BCUT2D eigenvalue weighted by atomic mass is 10.2. The third kappa shape index (κ3) is 5.55. The summed E-state index contributed by atoms with van der Waals surface area (Å²) in [6.07, 6.45) is 0. The van der Waals surface area contributed by atoms with Crippen molar-refractivity contribution in [1.82, 2.24) is 0 Å². The first kappa shape index (κ1) is 19.4. The highest BCUT2D eigenvalue weighted by Gasteiger charge is 2.06. The van der Waals surface area contributed by atoms with Crippen LogP contribution in [0.4, 0.5) is 11.4 Å². The van der Waals surface area contributed by atoms with E-state index in [1.54, 1.807) is 12.1 Å². The molecule has 0 bridgehead atoms. The van der Waals surface area contributed by atoms with Crippen molar-refractivity contribution >= 4 is 43.2 Å². The fourth-order valence-electron chi connectivity index (χ4n) is 2.42. The summed E-state index contributed by atoms with van der Waals surface area (Å²) in [6.45, 7) is 1.04. The third-order valence-corrected chi connectivity index (χ3v) is 5.03. The van der Waals surface area contributed by atoms with Crippen LogP contribution >= 0.6 is 31.9 Å². The molecule has 27 heavy (non-hydrogen) atoms. The molecular weight excluding hydrogens is 476 g/mol. The molecule has 1 N–H and O–H groups in total. The van der Waals surface area contributed by atoms with Crippen molar-refractivity contribution in [1.29, 1.82) is 0 Å². The van der Waals surface area contributed by atoms with Gasteiger partial charge in [-0.05, 0) is 75.6 Å². The Bertz CT molecular complexity index is 929. The second kappa shape index (κ2) is 9.01. The Balaban J connectivity index is 1.57. The number of rotatable bonds is 7. The van der Waals surface area contributed by atoms with E-state index < -0.39 is 4.92 Å².